The molecule has 0 spiro atoms. The molecule has 1 heterocycles. The molecule has 1 saturated heterocycles. The normalized spacial score (nSPS) is 18.9. The Labute approximate surface area is 105 Å². The molecule has 1 aromatic rings. The fourth-order valence-corrected chi connectivity index (χ4v) is 2.21. The van der Waals surface area contributed by atoms with Crippen LogP contribution < -0.4 is 5.73 Å². The molecular formula is C13H16N2O3. The number of amides is 2. The van der Waals surface area contributed by atoms with Crippen molar-refractivity contribution in [3.05, 3.63) is 29.3 Å². The molecule has 18 heavy (non-hydrogen) atoms. The van der Waals surface area contributed by atoms with Crippen LogP contribution in [0.3, 0.4) is 0 Å². The van der Waals surface area contributed by atoms with Crippen LogP contribution in [-0.2, 0) is 4.79 Å². The molecule has 2 amide bonds. The van der Waals surface area contributed by atoms with Crippen molar-refractivity contribution in [2.75, 3.05) is 6.54 Å². The molecular weight excluding hydrogens is 232 g/mol. The van der Waals surface area contributed by atoms with E-state index in [1.54, 1.807) is 19.1 Å². The molecule has 96 valence electrons. The average molecular weight is 248 g/mol. The molecule has 1 aromatic carbocycles. The molecule has 1 fully saturated rings. The first-order chi connectivity index (χ1) is 8.50. The number of phenols is 1. The lowest BCUT2D eigenvalue weighted by molar-refractivity contribution is -0.121. The number of carbonyl (C=O) groups excluding carboxylic acids is 2. The second kappa shape index (κ2) is 4.68. The second-order valence-electron chi connectivity index (χ2n) is 4.56. The van der Waals surface area contributed by atoms with E-state index < -0.39 is 11.9 Å². The molecule has 2 rings (SSSR count). The molecule has 0 saturated carbocycles. The summed E-state index contributed by atoms with van der Waals surface area (Å²) in [5.74, 6) is -0.653. The van der Waals surface area contributed by atoms with E-state index in [1.165, 1.54) is 11.0 Å². The van der Waals surface area contributed by atoms with Gasteiger partial charge in [0.15, 0.2) is 0 Å². The lowest BCUT2D eigenvalue weighted by atomic mass is 10.1. The van der Waals surface area contributed by atoms with E-state index >= 15 is 0 Å². The van der Waals surface area contributed by atoms with E-state index in [9.17, 15) is 14.7 Å². The molecule has 0 aromatic heterocycles. The van der Waals surface area contributed by atoms with Crippen LogP contribution in [0.4, 0.5) is 0 Å². The molecule has 3 N–H and O–H groups in total. The van der Waals surface area contributed by atoms with Crippen molar-refractivity contribution >= 4 is 11.8 Å². The Kier molecular flexibility index (Phi) is 3.23. The van der Waals surface area contributed by atoms with Crippen molar-refractivity contribution in [2.45, 2.75) is 25.8 Å². The number of rotatable bonds is 2. The lowest BCUT2D eigenvalue weighted by Crippen LogP contribution is -2.43. The highest BCUT2D eigenvalue weighted by molar-refractivity contribution is 5.98. The molecule has 1 atom stereocenters. The van der Waals surface area contributed by atoms with Gasteiger partial charge in [0.1, 0.15) is 11.8 Å². The summed E-state index contributed by atoms with van der Waals surface area (Å²) in [6.45, 7) is 2.28. The molecule has 1 unspecified atom stereocenters. The quantitative estimate of drug-likeness (QED) is 0.811. The number of phenolic OH excluding ortho intramolecular Hbond substituents is 1. The molecule has 1 aliphatic rings. The summed E-state index contributed by atoms with van der Waals surface area (Å²) in [7, 11) is 0. The molecule has 0 bridgehead atoms. The molecule has 1 aliphatic heterocycles. The first-order valence-electron chi connectivity index (χ1n) is 5.90. The van der Waals surface area contributed by atoms with Crippen LogP contribution in [-0.4, -0.2) is 34.4 Å². The zero-order valence-corrected chi connectivity index (χ0v) is 10.2. The van der Waals surface area contributed by atoms with Gasteiger partial charge in [-0.25, -0.2) is 0 Å². The summed E-state index contributed by atoms with van der Waals surface area (Å²) < 4.78 is 0. The number of nitrogens with zero attached hydrogens (tertiary/aromatic N) is 1. The van der Waals surface area contributed by atoms with E-state index in [2.05, 4.69) is 0 Å². The summed E-state index contributed by atoms with van der Waals surface area (Å²) >= 11 is 0. The minimum atomic E-state index is -0.527. The van der Waals surface area contributed by atoms with Crippen LogP contribution >= 0.6 is 0 Å². The van der Waals surface area contributed by atoms with Crippen LogP contribution in [0.25, 0.3) is 0 Å². The molecule has 0 aliphatic carbocycles. The van der Waals surface area contributed by atoms with E-state index in [0.29, 0.717) is 24.1 Å². The predicted molar refractivity (Wildman–Crippen MR) is 66.1 cm³/mol. The van der Waals surface area contributed by atoms with Gasteiger partial charge >= 0.3 is 0 Å². The standard InChI is InChI=1S/C13H16N2O3/c1-8-4-5-9(7-11(8)16)13(18)15-6-2-3-10(15)12(14)17/h4-5,7,10,16H,2-3,6H2,1H3,(H2,14,17). The third-order valence-electron chi connectivity index (χ3n) is 3.30. The van der Waals surface area contributed by atoms with Gasteiger partial charge in [-0.15, -0.1) is 0 Å². The summed E-state index contributed by atoms with van der Waals surface area (Å²) in [6.07, 6.45) is 1.39. The number of primary amides is 1. The third-order valence-corrected chi connectivity index (χ3v) is 3.30. The fraction of sp³-hybridized carbons (Fsp3) is 0.385. The zero-order valence-electron chi connectivity index (χ0n) is 10.2. The second-order valence-corrected chi connectivity index (χ2v) is 4.56. The van der Waals surface area contributed by atoms with E-state index in [0.717, 1.165) is 6.42 Å². The Hall–Kier alpha value is -2.04. The molecule has 0 radical (unpaired) electrons. The number of nitrogens with two attached hydrogens (primary N) is 1. The summed E-state index contributed by atoms with van der Waals surface area (Å²) in [6, 6.07) is 4.22. The van der Waals surface area contributed by atoms with Gasteiger partial charge in [0.25, 0.3) is 5.91 Å². The van der Waals surface area contributed by atoms with Crippen LogP contribution in [0, 0.1) is 6.92 Å². The van der Waals surface area contributed by atoms with Crippen molar-refractivity contribution in [1.29, 1.82) is 0 Å². The number of aryl methyl sites for hydroxylation is 1. The number of carbonyl (C=O) groups is 2. The van der Waals surface area contributed by atoms with Crippen molar-refractivity contribution < 1.29 is 14.7 Å². The number of hydrogen-bond acceptors (Lipinski definition) is 3. The van der Waals surface area contributed by atoms with Gasteiger partial charge in [-0.3, -0.25) is 9.59 Å². The van der Waals surface area contributed by atoms with Crippen LogP contribution in [0.5, 0.6) is 5.75 Å². The fourth-order valence-electron chi connectivity index (χ4n) is 2.21. The number of aromatic hydroxyl groups is 1. The maximum atomic E-state index is 12.2. The van der Waals surface area contributed by atoms with Gasteiger partial charge < -0.3 is 15.7 Å². The maximum absolute atomic E-state index is 12.2. The van der Waals surface area contributed by atoms with Crippen molar-refractivity contribution in [3.8, 4) is 5.75 Å². The van der Waals surface area contributed by atoms with Crippen LogP contribution in [0.2, 0.25) is 0 Å². The van der Waals surface area contributed by atoms with Gasteiger partial charge in [0.2, 0.25) is 5.91 Å². The Morgan fingerprint density at radius 2 is 2.17 bits per heavy atom. The first kappa shape index (κ1) is 12.4. The van der Waals surface area contributed by atoms with Gasteiger partial charge in [-0.05, 0) is 37.5 Å². The summed E-state index contributed by atoms with van der Waals surface area (Å²) in [4.78, 5) is 25.0. The third kappa shape index (κ3) is 2.16. The van der Waals surface area contributed by atoms with Gasteiger partial charge in [0, 0.05) is 12.1 Å². The highest BCUT2D eigenvalue weighted by atomic mass is 16.3. The highest BCUT2D eigenvalue weighted by Crippen LogP contribution is 2.23. The Morgan fingerprint density at radius 3 is 2.78 bits per heavy atom. The van der Waals surface area contributed by atoms with Gasteiger partial charge in [0.05, 0.1) is 0 Å². The zero-order chi connectivity index (χ0) is 13.3. The number of benzene rings is 1. The minimum absolute atomic E-state index is 0.0793. The first-order valence-corrected chi connectivity index (χ1v) is 5.90. The van der Waals surface area contributed by atoms with Crippen molar-refractivity contribution in [3.63, 3.8) is 0 Å². The van der Waals surface area contributed by atoms with E-state index in [4.69, 9.17) is 5.73 Å². The Bertz CT molecular complexity index is 499. The molecule has 5 heteroatoms. The van der Waals surface area contributed by atoms with Crippen LogP contribution in [0.15, 0.2) is 18.2 Å². The lowest BCUT2D eigenvalue weighted by Gasteiger charge is -2.22. The largest absolute Gasteiger partial charge is 0.508 e. The van der Waals surface area contributed by atoms with Crippen LogP contribution in [0.1, 0.15) is 28.8 Å². The van der Waals surface area contributed by atoms with Crippen molar-refractivity contribution in [1.82, 2.24) is 4.90 Å². The SMILES string of the molecule is Cc1ccc(C(=O)N2CCCC2C(N)=O)cc1O. The maximum Gasteiger partial charge on any atom is 0.254 e. The predicted octanol–water partition coefficient (Wildman–Crippen LogP) is 0.791. The summed E-state index contributed by atoms with van der Waals surface area (Å²) in [5.41, 5.74) is 6.36. The minimum Gasteiger partial charge on any atom is -0.508 e. The smallest absolute Gasteiger partial charge is 0.254 e. The van der Waals surface area contributed by atoms with Gasteiger partial charge in [-0.2, -0.15) is 0 Å². The van der Waals surface area contributed by atoms with E-state index in [-0.39, 0.29) is 11.7 Å². The van der Waals surface area contributed by atoms with E-state index in [1.807, 2.05) is 0 Å². The van der Waals surface area contributed by atoms with Crippen molar-refractivity contribution in [2.24, 2.45) is 5.73 Å². The molecule has 5 nitrogen and oxygen atoms in total. The van der Waals surface area contributed by atoms with Gasteiger partial charge in [-0.1, -0.05) is 6.07 Å². The number of hydrogen-bond donors (Lipinski definition) is 2. The highest BCUT2D eigenvalue weighted by Gasteiger charge is 2.33. The monoisotopic (exact) mass is 248 g/mol. The Morgan fingerprint density at radius 1 is 1.44 bits per heavy atom. The Balaban J connectivity index is 2.25. The topological polar surface area (TPSA) is 83.6 Å². The average Bonchev–Trinajstić information content (AvgIpc) is 2.81. The summed E-state index contributed by atoms with van der Waals surface area (Å²) in [5, 5.41) is 9.60. The number of likely N-dealkylation sites (tertiary alicyclic amines) is 1.